The van der Waals surface area contributed by atoms with Crippen LogP contribution in [0.5, 0.6) is 0 Å². The molecule has 5 nitrogen and oxygen atoms in total. The highest BCUT2D eigenvalue weighted by atomic mass is 32.2. The number of rotatable bonds is 7. The van der Waals surface area contributed by atoms with Gasteiger partial charge in [0.05, 0.1) is 0 Å². The first-order valence-corrected chi connectivity index (χ1v) is 9.87. The van der Waals surface area contributed by atoms with Crippen molar-refractivity contribution in [3.63, 3.8) is 0 Å². The number of amides is 1. The number of nitrogens with zero attached hydrogens (tertiary/aromatic N) is 3. The van der Waals surface area contributed by atoms with E-state index >= 15 is 0 Å². The highest BCUT2D eigenvalue weighted by Crippen LogP contribution is 2.21. The van der Waals surface area contributed by atoms with Crippen LogP contribution < -0.4 is 5.32 Å². The average molecular weight is 359 g/mol. The minimum Gasteiger partial charge on any atom is -0.350 e. The maximum absolute atomic E-state index is 12.5. The van der Waals surface area contributed by atoms with Gasteiger partial charge in [0, 0.05) is 43.3 Å². The summed E-state index contributed by atoms with van der Waals surface area (Å²) in [6, 6.07) is 8.37. The second-order valence-electron chi connectivity index (χ2n) is 6.44. The van der Waals surface area contributed by atoms with Crippen LogP contribution in [-0.2, 0) is 12.8 Å². The van der Waals surface area contributed by atoms with E-state index in [1.807, 2.05) is 36.0 Å². The molecule has 0 aliphatic carbocycles. The van der Waals surface area contributed by atoms with E-state index < -0.39 is 0 Å². The second-order valence-corrected chi connectivity index (χ2v) is 7.39. The third-order valence-electron chi connectivity index (χ3n) is 4.74. The molecule has 1 aliphatic heterocycles. The lowest BCUT2D eigenvalue weighted by Gasteiger charge is -2.22. The number of thioether (sulfide) groups is 1. The van der Waals surface area contributed by atoms with Crippen LogP contribution in [0.1, 0.15) is 35.7 Å². The zero-order chi connectivity index (χ0) is 17.6. The number of carbonyl (C=O) groups is 1. The summed E-state index contributed by atoms with van der Waals surface area (Å²) in [6.45, 7) is 5.12. The van der Waals surface area contributed by atoms with Gasteiger partial charge in [0.15, 0.2) is 5.16 Å². The van der Waals surface area contributed by atoms with Gasteiger partial charge in [-0.2, -0.15) is 0 Å². The molecule has 2 heterocycles. The Labute approximate surface area is 153 Å². The fraction of sp³-hybridized carbons (Fsp3) is 0.474. The average Bonchev–Trinajstić information content (AvgIpc) is 3.26. The van der Waals surface area contributed by atoms with Crippen molar-refractivity contribution in [1.82, 2.24) is 19.8 Å². The molecule has 0 radical (unpaired) electrons. The predicted octanol–water partition coefficient (Wildman–Crippen LogP) is 2.93. The van der Waals surface area contributed by atoms with Gasteiger partial charge in [0.1, 0.15) is 0 Å². The molecule has 1 aliphatic rings. The first-order valence-electron chi connectivity index (χ1n) is 8.88. The molecule has 1 N–H and O–H groups in total. The van der Waals surface area contributed by atoms with Crippen molar-refractivity contribution in [1.29, 1.82) is 0 Å². The summed E-state index contributed by atoms with van der Waals surface area (Å²) in [5.41, 5.74) is 1.87. The number of benzene rings is 1. The zero-order valence-electron chi connectivity index (χ0n) is 14.9. The molecule has 3 rings (SSSR count). The summed E-state index contributed by atoms with van der Waals surface area (Å²) >= 11 is 1.68. The quantitative estimate of drug-likeness (QED) is 0.773. The Hall–Kier alpha value is -1.79. The number of hydrogen-bond acceptors (Lipinski definition) is 4. The minimum absolute atomic E-state index is 0.0202. The Morgan fingerprint density at radius 1 is 1.44 bits per heavy atom. The van der Waals surface area contributed by atoms with Crippen LogP contribution in [0.25, 0.3) is 0 Å². The van der Waals surface area contributed by atoms with Gasteiger partial charge < -0.3 is 9.88 Å². The van der Waals surface area contributed by atoms with Gasteiger partial charge in [0.25, 0.3) is 5.91 Å². The molecule has 1 aromatic carbocycles. The maximum Gasteiger partial charge on any atom is 0.251 e. The molecule has 0 bridgehead atoms. The van der Waals surface area contributed by atoms with Crippen molar-refractivity contribution in [2.45, 2.75) is 36.7 Å². The van der Waals surface area contributed by atoms with E-state index in [1.165, 1.54) is 12.8 Å². The fourth-order valence-electron chi connectivity index (χ4n) is 3.30. The summed E-state index contributed by atoms with van der Waals surface area (Å²) in [7, 11) is 1.99. The molecule has 0 spiro atoms. The van der Waals surface area contributed by atoms with Gasteiger partial charge in [-0.1, -0.05) is 30.8 Å². The van der Waals surface area contributed by atoms with E-state index in [1.54, 1.807) is 18.0 Å². The molecule has 134 valence electrons. The lowest BCUT2D eigenvalue weighted by Crippen LogP contribution is -2.40. The largest absolute Gasteiger partial charge is 0.350 e. The van der Waals surface area contributed by atoms with Crippen molar-refractivity contribution >= 4 is 17.7 Å². The zero-order valence-corrected chi connectivity index (χ0v) is 15.8. The van der Waals surface area contributed by atoms with Gasteiger partial charge in [-0.25, -0.2) is 4.98 Å². The summed E-state index contributed by atoms with van der Waals surface area (Å²) < 4.78 is 2.00. The van der Waals surface area contributed by atoms with Crippen LogP contribution in [0.15, 0.2) is 41.8 Å². The van der Waals surface area contributed by atoms with E-state index in [0.29, 0.717) is 6.04 Å². The molecule has 0 unspecified atom stereocenters. The number of likely N-dealkylation sites (tertiary alicyclic amines) is 1. The highest BCUT2D eigenvalue weighted by Gasteiger charge is 2.23. The molecule has 25 heavy (non-hydrogen) atoms. The van der Waals surface area contributed by atoms with E-state index in [9.17, 15) is 4.79 Å². The Morgan fingerprint density at radius 2 is 2.32 bits per heavy atom. The number of imidazole rings is 1. The molecular weight excluding hydrogens is 332 g/mol. The first kappa shape index (κ1) is 18.0. The number of hydrogen-bond donors (Lipinski definition) is 1. The summed E-state index contributed by atoms with van der Waals surface area (Å²) in [4.78, 5) is 19.2. The monoisotopic (exact) mass is 358 g/mol. The van der Waals surface area contributed by atoms with Gasteiger partial charge in [-0.05, 0) is 43.6 Å². The SMILES string of the molecule is CCN1CCC[C@H]1CNC(=O)c1cccc(CSc2nccn2C)c1. The minimum atomic E-state index is 0.0202. The van der Waals surface area contributed by atoms with Crippen molar-refractivity contribution in [2.75, 3.05) is 19.6 Å². The smallest absolute Gasteiger partial charge is 0.251 e. The van der Waals surface area contributed by atoms with Gasteiger partial charge >= 0.3 is 0 Å². The number of nitrogens with one attached hydrogen (secondary N) is 1. The number of aromatic nitrogens is 2. The lowest BCUT2D eigenvalue weighted by atomic mass is 10.1. The Balaban J connectivity index is 1.55. The molecule has 1 atom stereocenters. The van der Waals surface area contributed by atoms with Gasteiger partial charge in [-0.3, -0.25) is 9.69 Å². The predicted molar refractivity (Wildman–Crippen MR) is 102 cm³/mol. The van der Waals surface area contributed by atoms with Crippen LogP contribution in [0, 0.1) is 0 Å². The summed E-state index contributed by atoms with van der Waals surface area (Å²) in [5, 5.41) is 4.09. The van der Waals surface area contributed by atoms with Crippen LogP contribution in [-0.4, -0.2) is 46.0 Å². The molecule has 6 heteroatoms. The van der Waals surface area contributed by atoms with Crippen molar-refractivity contribution in [3.8, 4) is 0 Å². The Bertz CT molecular complexity index is 715. The van der Waals surface area contributed by atoms with Gasteiger partial charge in [-0.15, -0.1) is 0 Å². The van der Waals surface area contributed by atoms with Crippen molar-refractivity contribution in [2.24, 2.45) is 7.05 Å². The van der Waals surface area contributed by atoms with Crippen molar-refractivity contribution in [3.05, 3.63) is 47.8 Å². The first-order chi connectivity index (χ1) is 12.2. The molecule has 1 aromatic heterocycles. The van der Waals surface area contributed by atoms with Crippen LogP contribution >= 0.6 is 11.8 Å². The normalized spacial score (nSPS) is 17.8. The van der Waals surface area contributed by atoms with E-state index in [0.717, 1.165) is 41.7 Å². The van der Waals surface area contributed by atoms with Crippen molar-refractivity contribution < 1.29 is 4.79 Å². The molecule has 0 saturated carbocycles. The molecule has 1 amide bonds. The molecule has 1 fully saturated rings. The van der Waals surface area contributed by atoms with E-state index in [-0.39, 0.29) is 5.91 Å². The van der Waals surface area contributed by atoms with E-state index in [2.05, 4.69) is 28.2 Å². The van der Waals surface area contributed by atoms with Crippen LogP contribution in [0.3, 0.4) is 0 Å². The van der Waals surface area contributed by atoms with E-state index in [4.69, 9.17) is 0 Å². The standard InChI is InChI=1S/C19H26N4OS/c1-3-23-10-5-8-17(23)13-21-18(24)16-7-4-6-15(12-16)14-25-19-20-9-11-22(19)2/h4,6-7,9,11-12,17H,3,5,8,10,13-14H2,1-2H3,(H,21,24)/t17-/m0/s1. The highest BCUT2D eigenvalue weighted by molar-refractivity contribution is 7.98. The number of aryl methyl sites for hydroxylation is 1. The number of carbonyl (C=O) groups excluding carboxylic acids is 1. The molecular formula is C19H26N4OS. The third-order valence-corrected chi connectivity index (χ3v) is 5.87. The fourth-order valence-corrected chi connectivity index (χ4v) is 4.17. The summed E-state index contributed by atoms with van der Waals surface area (Å²) in [6.07, 6.45) is 6.15. The maximum atomic E-state index is 12.5. The van der Waals surface area contributed by atoms with Gasteiger partial charge in [0.2, 0.25) is 0 Å². The third kappa shape index (κ3) is 4.64. The van der Waals surface area contributed by atoms with Crippen LogP contribution in [0.4, 0.5) is 0 Å². The molecule has 1 saturated heterocycles. The number of likely N-dealkylation sites (N-methyl/N-ethyl adjacent to an activating group) is 1. The summed E-state index contributed by atoms with van der Waals surface area (Å²) in [5.74, 6) is 0.824. The molecule has 2 aromatic rings. The second kappa shape index (κ2) is 8.54. The lowest BCUT2D eigenvalue weighted by molar-refractivity contribution is 0.0941. The Kier molecular flexibility index (Phi) is 6.15. The van der Waals surface area contributed by atoms with Crippen LogP contribution in [0.2, 0.25) is 0 Å². The Morgan fingerprint density at radius 3 is 3.08 bits per heavy atom. The topological polar surface area (TPSA) is 50.2 Å².